The highest BCUT2D eigenvalue weighted by atomic mass is 35.5. The molecule has 158 valence electrons. The Morgan fingerprint density at radius 1 is 1.10 bits per heavy atom. The Bertz CT molecular complexity index is 934. The summed E-state index contributed by atoms with van der Waals surface area (Å²) in [5.74, 6) is 1.59. The van der Waals surface area contributed by atoms with E-state index in [1.807, 2.05) is 46.7 Å². The number of rotatable bonds is 8. The molecule has 0 atom stereocenters. The maximum absolute atomic E-state index is 12.5. The average molecular weight is 445 g/mol. The number of carbonyl (C=O) groups excluding carboxylic acids is 1. The third-order valence-corrected chi connectivity index (χ3v) is 6.46. The molecule has 0 saturated carbocycles. The van der Waals surface area contributed by atoms with E-state index in [-0.39, 0.29) is 5.91 Å². The van der Waals surface area contributed by atoms with Crippen molar-refractivity contribution in [2.45, 2.75) is 25.7 Å². The van der Waals surface area contributed by atoms with Gasteiger partial charge in [-0.1, -0.05) is 35.0 Å². The maximum atomic E-state index is 12.5. The van der Waals surface area contributed by atoms with Gasteiger partial charge in [0.2, 0.25) is 17.6 Å². The highest BCUT2D eigenvalue weighted by Gasteiger charge is 2.20. The lowest BCUT2D eigenvalue weighted by molar-refractivity contribution is -0.132. The van der Waals surface area contributed by atoms with Gasteiger partial charge in [-0.15, -0.1) is 11.3 Å². The number of benzene rings is 1. The van der Waals surface area contributed by atoms with Crippen molar-refractivity contribution in [3.63, 3.8) is 0 Å². The number of carbonyl (C=O) groups is 1. The van der Waals surface area contributed by atoms with Gasteiger partial charge in [0.1, 0.15) is 0 Å². The molecule has 0 unspecified atom stereocenters. The number of hydrogen-bond acceptors (Lipinski definition) is 6. The molecular formula is C22H25ClN4O2S. The Balaban J connectivity index is 1.14. The van der Waals surface area contributed by atoms with Crippen molar-refractivity contribution in [2.75, 3.05) is 32.7 Å². The first kappa shape index (κ1) is 21.0. The largest absolute Gasteiger partial charge is 0.340 e. The molecule has 0 bridgehead atoms. The third kappa shape index (κ3) is 5.68. The monoisotopic (exact) mass is 444 g/mol. The summed E-state index contributed by atoms with van der Waals surface area (Å²) in [6.45, 7) is 4.39. The number of hydrogen-bond donors (Lipinski definition) is 0. The molecule has 3 heterocycles. The molecule has 3 aromatic rings. The lowest BCUT2D eigenvalue weighted by Crippen LogP contribution is -2.48. The molecule has 0 radical (unpaired) electrons. The Morgan fingerprint density at radius 2 is 1.90 bits per heavy atom. The van der Waals surface area contributed by atoms with E-state index in [4.69, 9.17) is 16.1 Å². The van der Waals surface area contributed by atoms with E-state index in [1.165, 1.54) is 0 Å². The molecule has 1 aromatic carbocycles. The van der Waals surface area contributed by atoms with E-state index in [0.717, 1.165) is 67.4 Å². The highest BCUT2D eigenvalue weighted by molar-refractivity contribution is 7.13. The smallest absolute Gasteiger partial charge is 0.227 e. The number of piperazine rings is 1. The lowest BCUT2D eigenvalue weighted by Gasteiger charge is -2.34. The van der Waals surface area contributed by atoms with Gasteiger partial charge in [-0.25, -0.2) is 0 Å². The Morgan fingerprint density at radius 3 is 2.63 bits per heavy atom. The van der Waals surface area contributed by atoms with Crippen LogP contribution in [-0.4, -0.2) is 58.6 Å². The van der Waals surface area contributed by atoms with Crippen molar-refractivity contribution in [1.82, 2.24) is 19.9 Å². The van der Waals surface area contributed by atoms with Crippen LogP contribution in [0.25, 0.3) is 10.7 Å². The number of nitrogens with zero attached hydrogens (tertiary/aromatic N) is 4. The van der Waals surface area contributed by atoms with E-state index >= 15 is 0 Å². The van der Waals surface area contributed by atoms with Crippen LogP contribution in [-0.2, 0) is 17.6 Å². The van der Waals surface area contributed by atoms with Crippen molar-refractivity contribution >= 4 is 28.8 Å². The van der Waals surface area contributed by atoms with Gasteiger partial charge in [0, 0.05) is 44.0 Å². The third-order valence-electron chi connectivity index (χ3n) is 5.34. The van der Waals surface area contributed by atoms with Gasteiger partial charge in [0.05, 0.1) is 4.88 Å². The molecule has 6 nitrogen and oxygen atoms in total. The number of halogens is 1. The molecule has 30 heavy (non-hydrogen) atoms. The fourth-order valence-electron chi connectivity index (χ4n) is 3.60. The average Bonchev–Trinajstić information content (AvgIpc) is 3.46. The summed E-state index contributed by atoms with van der Waals surface area (Å²) in [6, 6.07) is 11.7. The molecular weight excluding hydrogens is 420 g/mol. The number of aromatic nitrogens is 2. The first-order valence-corrected chi connectivity index (χ1v) is 11.5. The van der Waals surface area contributed by atoms with Crippen LogP contribution in [0.15, 0.2) is 46.3 Å². The highest BCUT2D eigenvalue weighted by Crippen LogP contribution is 2.21. The molecule has 0 aliphatic carbocycles. The summed E-state index contributed by atoms with van der Waals surface area (Å²) in [6.07, 6.45) is 3.05. The van der Waals surface area contributed by atoms with Crippen LogP contribution in [0.5, 0.6) is 0 Å². The van der Waals surface area contributed by atoms with Gasteiger partial charge in [-0.3, -0.25) is 9.69 Å². The van der Waals surface area contributed by atoms with Crippen LogP contribution >= 0.6 is 22.9 Å². The van der Waals surface area contributed by atoms with E-state index in [0.29, 0.717) is 18.1 Å². The summed E-state index contributed by atoms with van der Waals surface area (Å²) in [4.78, 5) is 22.4. The standard InChI is InChI=1S/C22H25ClN4O2S/c23-18-8-5-17(6-9-18)7-10-21(28)27-14-12-26(13-15-27)11-1-4-20-24-22(25-29-20)19-3-2-16-30-19/h2-3,5-6,8-9,16H,1,4,7,10-15H2. The van der Waals surface area contributed by atoms with Crippen molar-refractivity contribution in [2.24, 2.45) is 0 Å². The van der Waals surface area contributed by atoms with Gasteiger partial charge in [-0.05, 0) is 48.5 Å². The predicted octanol–water partition coefficient (Wildman–Crippen LogP) is 4.16. The van der Waals surface area contributed by atoms with Gasteiger partial charge in [0.15, 0.2) is 0 Å². The maximum Gasteiger partial charge on any atom is 0.227 e. The van der Waals surface area contributed by atoms with Crippen LogP contribution in [0.2, 0.25) is 5.02 Å². The summed E-state index contributed by atoms with van der Waals surface area (Å²) in [7, 11) is 0. The minimum Gasteiger partial charge on any atom is -0.340 e. The zero-order valence-electron chi connectivity index (χ0n) is 16.8. The van der Waals surface area contributed by atoms with Gasteiger partial charge < -0.3 is 9.42 Å². The summed E-state index contributed by atoms with van der Waals surface area (Å²) in [5.41, 5.74) is 1.15. The van der Waals surface area contributed by atoms with Crippen LogP contribution in [0.3, 0.4) is 0 Å². The summed E-state index contributed by atoms with van der Waals surface area (Å²) in [5, 5.41) is 6.79. The quantitative estimate of drug-likeness (QED) is 0.522. The fraction of sp³-hybridized carbons (Fsp3) is 0.409. The molecule has 1 aliphatic rings. The van der Waals surface area contributed by atoms with Gasteiger partial charge in [0.25, 0.3) is 0 Å². The second kappa shape index (κ2) is 10.2. The van der Waals surface area contributed by atoms with Crippen molar-refractivity contribution in [3.8, 4) is 10.7 Å². The summed E-state index contributed by atoms with van der Waals surface area (Å²) >= 11 is 7.52. The minimum atomic E-state index is 0.233. The second-order valence-electron chi connectivity index (χ2n) is 7.44. The molecule has 8 heteroatoms. The zero-order valence-corrected chi connectivity index (χ0v) is 18.4. The first-order chi connectivity index (χ1) is 14.7. The molecule has 0 spiro atoms. The van der Waals surface area contributed by atoms with E-state index < -0.39 is 0 Å². The molecule has 1 amide bonds. The molecule has 4 rings (SSSR count). The number of thiophene rings is 1. The minimum absolute atomic E-state index is 0.233. The second-order valence-corrected chi connectivity index (χ2v) is 8.83. The number of amides is 1. The Labute approximate surface area is 185 Å². The Kier molecular flexibility index (Phi) is 7.15. The molecule has 2 aromatic heterocycles. The van der Waals surface area contributed by atoms with Crippen LogP contribution < -0.4 is 0 Å². The molecule has 1 aliphatic heterocycles. The number of aryl methyl sites for hydroxylation is 2. The van der Waals surface area contributed by atoms with Crippen LogP contribution in [0.4, 0.5) is 0 Å². The van der Waals surface area contributed by atoms with Crippen LogP contribution in [0.1, 0.15) is 24.3 Å². The topological polar surface area (TPSA) is 62.5 Å². The van der Waals surface area contributed by atoms with Gasteiger partial charge >= 0.3 is 0 Å². The van der Waals surface area contributed by atoms with E-state index in [1.54, 1.807) is 11.3 Å². The van der Waals surface area contributed by atoms with E-state index in [2.05, 4.69) is 15.0 Å². The van der Waals surface area contributed by atoms with Crippen molar-refractivity contribution in [3.05, 3.63) is 58.3 Å². The first-order valence-electron chi connectivity index (χ1n) is 10.3. The SMILES string of the molecule is O=C(CCc1ccc(Cl)cc1)N1CCN(CCCc2nc(-c3cccs3)no2)CC1. The van der Waals surface area contributed by atoms with E-state index in [9.17, 15) is 4.79 Å². The van der Waals surface area contributed by atoms with Gasteiger partial charge in [-0.2, -0.15) is 4.98 Å². The fourth-order valence-corrected chi connectivity index (χ4v) is 4.37. The molecule has 1 saturated heterocycles. The Hall–Kier alpha value is -2.22. The van der Waals surface area contributed by atoms with Crippen molar-refractivity contribution in [1.29, 1.82) is 0 Å². The molecule has 1 fully saturated rings. The van der Waals surface area contributed by atoms with Crippen LogP contribution in [0, 0.1) is 0 Å². The predicted molar refractivity (Wildman–Crippen MR) is 119 cm³/mol. The van der Waals surface area contributed by atoms with Crippen molar-refractivity contribution < 1.29 is 9.32 Å². The zero-order chi connectivity index (χ0) is 20.8. The molecule has 0 N–H and O–H groups in total. The normalized spacial score (nSPS) is 14.9. The summed E-state index contributed by atoms with van der Waals surface area (Å²) < 4.78 is 5.36. The lowest BCUT2D eigenvalue weighted by atomic mass is 10.1.